The minimum absolute atomic E-state index is 0.0289. The molecule has 25 heavy (non-hydrogen) atoms. The fraction of sp³-hybridized carbons (Fsp3) is 0.652. The van der Waals surface area contributed by atoms with Crippen molar-refractivity contribution >= 4 is 11.6 Å². The first-order valence-corrected chi connectivity index (χ1v) is 9.94. The van der Waals surface area contributed by atoms with Crippen molar-refractivity contribution in [3.63, 3.8) is 0 Å². The minimum atomic E-state index is 0.0289. The number of Topliss-reactive ketones (excluding diaryl/α,β-unsaturated/α-hetero) is 2. The zero-order chi connectivity index (χ0) is 18.8. The van der Waals surface area contributed by atoms with Crippen LogP contribution in [0.1, 0.15) is 84.6 Å². The summed E-state index contributed by atoms with van der Waals surface area (Å²) >= 11 is 0. The van der Waals surface area contributed by atoms with Crippen LogP contribution in [-0.4, -0.2) is 11.6 Å². The van der Waals surface area contributed by atoms with E-state index in [9.17, 15) is 9.59 Å². The van der Waals surface area contributed by atoms with Crippen molar-refractivity contribution in [2.75, 3.05) is 0 Å². The van der Waals surface area contributed by atoms with Gasteiger partial charge < -0.3 is 0 Å². The number of benzene rings is 1. The molecule has 1 fully saturated rings. The van der Waals surface area contributed by atoms with E-state index in [2.05, 4.69) is 0 Å². The summed E-state index contributed by atoms with van der Waals surface area (Å²) in [6.07, 6.45) is 7.49. The lowest BCUT2D eigenvalue weighted by Gasteiger charge is -2.21. The van der Waals surface area contributed by atoms with Gasteiger partial charge in [-0.05, 0) is 11.5 Å². The van der Waals surface area contributed by atoms with Gasteiger partial charge in [-0.25, -0.2) is 0 Å². The van der Waals surface area contributed by atoms with E-state index in [0.29, 0.717) is 17.5 Å². The Morgan fingerprint density at radius 1 is 0.880 bits per heavy atom. The van der Waals surface area contributed by atoms with Gasteiger partial charge in [-0.1, -0.05) is 97.1 Å². The average Bonchev–Trinajstić information content (AvgIpc) is 2.62. The Labute approximate surface area is 154 Å². The van der Waals surface area contributed by atoms with Crippen molar-refractivity contribution in [1.82, 2.24) is 0 Å². The minimum Gasteiger partial charge on any atom is -0.299 e. The summed E-state index contributed by atoms with van der Waals surface area (Å²) < 4.78 is 0. The van der Waals surface area contributed by atoms with E-state index in [4.69, 9.17) is 0 Å². The summed E-state index contributed by atoms with van der Waals surface area (Å²) in [5.41, 5.74) is 1.11. The van der Waals surface area contributed by atoms with Crippen molar-refractivity contribution < 1.29 is 9.59 Å². The van der Waals surface area contributed by atoms with Crippen molar-refractivity contribution in [3.05, 3.63) is 35.9 Å². The number of ketones is 2. The van der Waals surface area contributed by atoms with Crippen molar-refractivity contribution in [2.24, 2.45) is 17.8 Å². The molecule has 1 saturated carbocycles. The average molecular weight is 345 g/mol. The maximum absolute atomic E-state index is 11.6. The third kappa shape index (κ3) is 7.98. The van der Waals surface area contributed by atoms with Crippen LogP contribution in [-0.2, 0) is 9.59 Å². The number of rotatable bonds is 6. The highest BCUT2D eigenvalue weighted by molar-refractivity contribution is 5.86. The van der Waals surface area contributed by atoms with Gasteiger partial charge in [-0.15, -0.1) is 0 Å². The molecule has 1 atom stereocenters. The molecule has 0 bridgehead atoms. The predicted octanol–water partition coefficient (Wildman–Crippen LogP) is 6.20. The van der Waals surface area contributed by atoms with E-state index >= 15 is 0 Å². The monoisotopic (exact) mass is 344 g/mol. The molecule has 2 heteroatoms. The van der Waals surface area contributed by atoms with E-state index in [1.54, 1.807) is 0 Å². The summed E-state index contributed by atoms with van der Waals surface area (Å²) in [7, 11) is 0. The van der Waals surface area contributed by atoms with Gasteiger partial charge in [0.25, 0.3) is 0 Å². The van der Waals surface area contributed by atoms with Crippen LogP contribution in [0.4, 0.5) is 0 Å². The molecule has 1 aromatic rings. The van der Waals surface area contributed by atoms with Crippen LogP contribution in [0.15, 0.2) is 30.3 Å². The summed E-state index contributed by atoms with van der Waals surface area (Å²) in [5, 5.41) is 0. The van der Waals surface area contributed by atoms with Gasteiger partial charge in [0.2, 0.25) is 0 Å². The fourth-order valence-corrected chi connectivity index (χ4v) is 3.32. The maximum Gasteiger partial charge on any atom is 0.142 e. The molecule has 2 nitrogen and oxygen atoms in total. The largest absolute Gasteiger partial charge is 0.299 e. The number of hydrogen-bond acceptors (Lipinski definition) is 2. The first kappa shape index (κ1) is 21.6. The molecule has 1 aliphatic rings. The SMILES string of the molecule is CC(C)C(=O)CC1CCCCC1.CC(C)C(=O)[C@H](C)c1ccccc1. The molecule has 0 spiro atoms. The second-order valence-corrected chi connectivity index (χ2v) is 8.02. The Kier molecular flexibility index (Phi) is 9.70. The molecule has 0 aromatic heterocycles. The molecule has 0 radical (unpaired) electrons. The zero-order valence-electron chi connectivity index (χ0n) is 16.8. The highest BCUT2D eigenvalue weighted by Crippen LogP contribution is 2.27. The van der Waals surface area contributed by atoms with Crippen LogP contribution in [0.25, 0.3) is 0 Å². The molecule has 140 valence electrons. The Morgan fingerprint density at radius 3 is 1.92 bits per heavy atom. The molecule has 0 aliphatic heterocycles. The van der Waals surface area contributed by atoms with Gasteiger partial charge in [0.15, 0.2) is 0 Å². The third-order valence-corrected chi connectivity index (χ3v) is 5.15. The smallest absolute Gasteiger partial charge is 0.142 e. The molecule has 0 heterocycles. The molecule has 0 N–H and O–H groups in total. The first-order chi connectivity index (χ1) is 11.8. The lowest BCUT2D eigenvalue weighted by Crippen LogP contribution is -2.15. The van der Waals surface area contributed by atoms with E-state index in [-0.39, 0.29) is 17.8 Å². The van der Waals surface area contributed by atoms with Crippen LogP contribution in [0.5, 0.6) is 0 Å². The lowest BCUT2D eigenvalue weighted by atomic mass is 9.84. The van der Waals surface area contributed by atoms with Gasteiger partial charge in [0, 0.05) is 24.2 Å². The van der Waals surface area contributed by atoms with E-state index < -0.39 is 0 Å². The quantitative estimate of drug-likeness (QED) is 0.616. The number of carbonyl (C=O) groups is 2. The molecular weight excluding hydrogens is 308 g/mol. The Balaban J connectivity index is 0.000000251. The van der Waals surface area contributed by atoms with E-state index in [1.165, 1.54) is 32.1 Å². The first-order valence-electron chi connectivity index (χ1n) is 9.94. The lowest BCUT2D eigenvalue weighted by molar-refractivity contribution is -0.123. The molecule has 0 unspecified atom stereocenters. The van der Waals surface area contributed by atoms with Crippen LogP contribution in [0.2, 0.25) is 0 Å². The Hall–Kier alpha value is -1.44. The second kappa shape index (κ2) is 11.2. The normalized spacial score (nSPS) is 16.3. The van der Waals surface area contributed by atoms with Gasteiger partial charge in [0.05, 0.1) is 0 Å². The number of carbonyl (C=O) groups excluding carboxylic acids is 2. The molecule has 1 aromatic carbocycles. The highest BCUT2D eigenvalue weighted by atomic mass is 16.1. The molecule has 0 amide bonds. The van der Waals surface area contributed by atoms with Crippen molar-refractivity contribution in [1.29, 1.82) is 0 Å². The molecular formula is C23H36O2. The van der Waals surface area contributed by atoms with Crippen molar-refractivity contribution in [2.45, 2.75) is 79.1 Å². The predicted molar refractivity (Wildman–Crippen MR) is 106 cm³/mol. The van der Waals surface area contributed by atoms with Gasteiger partial charge in [-0.3, -0.25) is 9.59 Å². The Morgan fingerprint density at radius 2 is 1.44 bits per heavy atom. The van der Waals surface area contributed by atoms with Crippen LogP contribution < -0.4 is 0 Å². The topological polar surface area (TPSA) is 34.1 Å². The summed E-state index contributed by atoms with van der Waals surface area (Å²) in [6, 6.07) is 9.92. The van der Waals surface area contributed by atoms with E-state index in [1.807, 2.05) is 65.0 Å². The molecule has 0 saturated heterocycles. The van der Waals surface area contributed by atoms with Crippen LogP contribution >= 0.6 is 0 Å². The Bertz CT molecular complexity index is 510. The standard InChI is InChI=1S/C12H16O.C11H20O/c1-9(2)12(13)10(3)11-7-5-4-6-8-11;1-9(2)11(12)8-10-6-4-3-5-7-10/h4-10H,1-3H3;9-10H,3-8H2,1-2H3/t10-;/m1./s1. The van der Waals surface area contributed by atoms with Crippen molar-refractivity contribution in [3.8, 4) is 0 Å². The summed E-state index contributed by atoms with van der Waals surface area (Å²) in [4.78, 5) is 23.1. The van der Waals surface area contributed by atoms with E-state index in [0.717, 1.165) is 12.0 Å². The van der Waals surface area contributed by atoms with Crippen LogP contribution in [0.3, 0.4) is 0 Å². The van der Waals surface area contributed by atoms with Gasteiger partial charge >= 0.3 is 0 Å². The number of hydrogen-bond donors (Lipinski definition) is 0. The summed E-state index contributed by atoms with van der Waals surface area (Å²) in [5.74, 6) is 1.88. The zero-order valence-corrected chi connectivity index (χ0v) is 16.8. The van der Waals surface area contributed by atoms with Crippen LogP contribution in [0, 0.1) is 17.8 Å². The molecule has 1 aliphatic carbocycles. The van der Waals surface area contributed by atoms with Gasteiger partial charge in [0.1, 0.15) is 11.6 Å². The summed E-state index contributed by atoms with van der Waals surface area (Å²) in [6.45, 7) is 9.87. The third-order valence-electron chi connectivity index (χ3n) is 5.15. The van der Waals surface area contributed by atoms with Gasteiger partial charge in [-0.2, -0.15) is 0 Å². The highest BCUT2D eigenvalue weighted by Gasteiger charge is 2.18. The fourth-order valence-electron chi connectivity index (χ4n) is 3.32. The second-order valence-electron chi connectivity index (χ2n) is 8.02. The maximum atomic E-state index is 11.6. The molecule has 2 rings (SSSR count).